The zero-order chi connectivity index (χ0) is 13.8. The molecule has 1 aromatic heterocycles. The molecule has 98 valence electrons. The van der Waals surface area contributed by atoms with E-state index in [0.29, 0.717) is 11.5 Å². The lowest BCUT2D eigenvalue weighted by Crippen LogP contribution is -2.12. The van der Waals surface area contributed by atoms with Crippen molar-refractivity contribution in [3.63, 3.8) is 0 Å². The molecule has 0 amide bonds. The predicted molar refractivity (Wildman–Crippen MR) is 78.9 cm³/mol. The largest absolute Gasteiger partial charge is 0.495 e. The van der Waals surface area contributed by atoms with Gasteiger partial charge >= 0.3 is 0 Å². The fraction of sp³-hybridized carbons (Fsp3) is 0.154. The Labute approximate surface area is 116 Å². The van der Waals surface area contributed by atoms with Crippen molar-refractivity contribution in [3.05, 3.63) is 41.9 Å². The monoisotopic (exact) mass is 274 g/mol. The molecule has 0 saturated heterocycles. The molecule has 3 N–H and O–H groups in total. The Balaban J connectivity index is 2.25. The lowest BCUT2D eigenvalue weighted by Gasteiger charge is -2.11. The molecule has 0 fully saturated rings. The molecule has 19 heavy (non-hydrogen) atoms. The number of benzene rings is 1. The second-order valence-electron chi connectivity index (χ2n) is 3.98. The van der Waals surface area contributed by atoms with Crippen LogP contribution < -0.4 is 15.8 Å². The number of nitrogens with zero attached hydrogens (tertiary/aromatic N) is 2. The Morgan fingerprint density at radius 2 is 2.11 bits per heavy atom. The Hall–Kier alpha value is -2.21. The SMILES string of the molecule is COc1ccc(C)cc1Nc1cnc(C(N)=S)cn1. The summed E-state index contributed by atoms with van der Waals surface area (Å²) in [6.07, 6.45) is 3.11. The third-order valence-electron chi connectivity index (χ3n) is 2.52. The first-order valence-corrected chi connectivity index (χ1v) is 6.04. The van der Waals surface area contributed by atoms with Gasteiger partial charge in [-0.25, -0.2) is 9.97 Å². The molecule has 5 nitrogen and oxygen atoms in total. The van der Waals surface area contributed by atoms with Crippen molar-refractivity contribution in [3.8, 4) is 5.75 Å². The van der Waals surface area contributed by atoms with Gasteiger partial charge in [0.05, 0.1) is 25.2 Å². The fourth-order valence-corrected chi connectivity index (χ4v) is 1.68. The van der Waals surface area contributed by atoms with Gasteiger partial charge in [-0.2, -0.15) is 0 Å². The molecule has 2 aromatic rings. The first kappa shape index (κ1) is 13.2. The molecule has 1 heterocycles. The first-order valence-electron chi connectivity index (χ1n) is 5.63. The van der Waals surface area contributed by atoms with Crippen LogP contribution in [0.1, 0.15) is 11.3 Å². The van der Waals surface area contributed by atoms with E-state index in [1.807, 2.05) is 25.1 Å². The molecule has 0 radical (unpaired) electrons. The first-order chi connectivity index (χ1) is 9.10. The van der Waals surface area contributed by atoms with Gasteiger partial charge in [-0.3, -0.25) is 0 Å². The van der Waals surface area contributed by atoms with E-state index >= 15 is 0 Å². The van der Waals surface area contributed by atoms with E-state index in [-0.39, 0.29) is 4.99 Å². The number of methoxy groups -OCH3 is 1. The average molecular weight is 274 g/mol. The van der Waals surface area contributed by atoms with E-state index in [0.717, 1.165) is 17.0 Å². The van der Waals surface area contributed by atoms with E-state index in [1.165, 1.54) is 6.20 Å². The highest BCUT2D eigenvalue weighted by Crippen LogP contribution is 2.27. The third kappa shape index (κ3) is 3.17. The maximum Gasteiger partial charge on any atom is 0.149 e. The topological polar surface area (TPSA) is 73.1 Å². The van der Waals surface area contributed by atoms with Crippen LogP contribution in [0.3, 0.4) is 0 Å². The lowest BCUT2D eigenvalue weighted by molar-refractivity contribution is 0.416. The summed E-state index contributed by atoms with van der Waals surface area (Å²) < 4.78 is 5.28. The van der Waals surface area contributed by atoms with Gasteiger partial charge in [-0.15, -0.1) is 0 Å². The Morgan fingerprint density at radius 3 is 2.68 bits per heavy atom. The number of aryl methyl sites for hydroxylation is 1. The third-order valence-corrected chi connectivity index (χ3v) is 2.73. The fourth-order valence-electron chi connectivity index (χ4n) is 1.58. The van der Waals surface area contributed by atoms with Crippen molar-refractivity contribution in [2.45, 2.75) is 6.92 Å². The van der Waals surface area contributed by atoms with Crippen molar-refractivity contribution in [1.29, 1.82) is 0 Å². The van der Waals surface area contributed by atoms with E-state index < -0.39 is 0 Å². The maximum atomic E-state index is 5.47. The number of hydrogen-bond acceptors (Lipinski definition) is 5. The van der Waals surface area contributed by atoms with E-state index in [9.17, 15) is 0 Å². The van der Waals surface area contributed by atoms with Gasteiger partial charge in [0.15, 0.2) is 0 Å². The Morgan fingerprint density at radius 1 is 1.32 bits per heavy atom. The Bertz CT molecular complexity index is 598. The van der Waals surface area contributed by atoms with Gasteiger partial charge in [0.2, 0.25) is 0 Å². The van der Waals surface area contributed by atoms with Gasteiger partial charge in [0, 0.05) is 0 Å². The van der Waals surface area contributed by atoms with E-state index in [2.05, 4.69) is 15.3 Å². The Kier molecular flexibility index (Phi) is 3.91. The van der Waals surface area contributed by atoms with Crippen molar-refractivity contribution in [1.82, 2.24) is 9.97 Å². The molecule has 0 saturated carbocycles. The van der Waals surface area contributed by atoms with Gasteiger partial charge < -0.3 is 15.8 Å². The van der Waals surface area contributed by atoms with Crippen molar-refractivity contribution in [2.24, 2.45) is 5.73 Å². The average Bonchev–Trinajstić information content (AvgIpc) is 2.39. The van der Waals surface area contributed by atoms with Gasteiger partial charge in [-0.05, 0) is 24.6 Å². The summed E-state index contributed by atoms with van der Waals surface area (Å²) in [5.74, 6) is 1.34. The molecule has 1 aromatic carbocycles. The van der Waals surface area contributed by atoms with E-state index in [1.54, 1.807) is 13.3 Å². The molecule has 0 unspecified atom stereocenters. The molecule has 0 atom stereocenters. The number of aromatic nitrogens is 2. The van der Waals surface area contributed by atoms with Crippen LogP contribution in [0.2, 0.25) is 0 Å². The summed E-state index contributed by atoms with van der Waals surface area (Å²) in [6, 6.07) is 5.85. The van der Waals surface area contributed by atoms with Gasteiger partial charge in [0.25, 0.3) is 0 Å². The molecule has 0 spiro atoms. The quantitative estimate of drug-likeness (QED) is 0.832. The summed E-state index contributed by atoms with van der Waals surface area (Å²) in [7, 11) is 1.62. The molecule has 6 heteroatoms. The van der Waals surface area contributed by atoms with Crippen LogP contribution in [-0.4, -0.2) is 22.1 Å². The smallest absolute Gasteiger partial charge is 0.149 e. The zero-order valence-corrected chi connectivity index (χ0v) is 11.5. The highest BCUT2D eigenvalue weighted by molar-refractivity contribution is 7.80. The van der Waals surface area contributed by atoms with Crippen LogP contribution in [0.15, 0.2) is 30.6 Å². The van der Waals surface area contributed by atoms with Crippen molar-refractivity contribution < 1.29 is 4.74 Å². The molecule has 2 rings (SSSR count). The number of anilines is 2. The minimum absolute atomic E-state index is 0.229. The molecule has 0 bridgehead atoms. The highest BCUT2D eigenvalue weighted by Gasteiger charge is 2.05. The van der Waals surface area contributed by atoms with Crippen LogP contribution in [-0.2, 0) is 0 Å². The minimum Gasteiger partial charge on any atom is -0.495 e. The number of nitrogens with two attached hydrogens (primary N) is 1. The molecule has 0 aliphatic rings. The summed E-state index contributed by atoms with van der Waals surface area (Å²) in [5.41, 5.74) is 7.92. The predicted octanol–water partition coefficient (Wildman–Crippen LogP) is 2.17. The number of hydrogen-bond donors (Lipinski definition) is 2. The van der Waals surface area contributed by atoms with Gasteiger partial charge in [-0.1, -0.05) is 18.3 Å². The number of ether oxygens (including phenoxy) is 1. The molecule has 0 aliphatic carbocycles. The van der Waals surface area contributed by atoms with Crippen LogP contribution in [0.4, 0.5) is 11.5 Å². The lowest BCUT2D eigenvalue weighted by atomic mass is 10.2. The van der Waals surface area contributed by atoms with Crippen LogP contribution in [0.25, 0.3) is 0 Å². The molecule has 0 aliphatic heterocycles. The van der Waals surface area contributed by atoms with Crippen LogP contribution in [0, 0.1) is 6.92 Å². The normalized spacial score (nSPS) is 10.0. The summed E-state index contributed by atoms with van der Waals surface area (Å²) in [6.45, 7) is 2.01. The zero-order valence-electron chi connectivity index (χ0n) is 10.7. The number of rotatable bonds is 4. The summed E-state index contributed by atoms with van der Waals surface area (Å²) >= 11 is 4.83. The minimum atomic E-state index is 0.229. The van der Waals surface area contributed by atoms with Crippen LogP contribution >= 0.6 is 12.2 Å². The summed E-state index contributed by atoms with van der Waals surface area (Å²) in [5, 5.41) is 3.15. The second kappa shape index (κ2) is 5.62. The maximum absolute atomic E-state index is 5.47. The van der Waals surface area contributed by atoms with Gasteiger partial charge in [0.1, 0.15) is 22.2 Å². The summed E-state index contributed by atoms with van der Waals surface area (Å²) in [4.78, 5) is 8.55. The van der Waals surface area contributed by atoms with E-state index in [4.69, 9.17) is 22.7 Å². The highest BCUT2D eigenvalue weighted by atomic mass is 32.1. The van der Waals surface area contributed by atoms with Crippen LogP contribution in [0.5, 0.6) is 5.75 Å². The standard InChI is InChI=1S/C13H14N4OS/c1-8-3-4-11(18-2)9(5-8)17-12-7-15-10(6-16-12)13(14)19/h3-7H,1-2H3,(H2,14,19)(H,16,17). The second-order valence-corrected chi connectivity index (χ2v) is 4.42. The van der Waals surface area contributed by atoms with Crippen molar-refractivity contribution >= 4 is 28.7 Å². The molecular weight excluding hydrogens is 260 g/mol. The van der Waals surface area contributed by atoms with Crippen molar-refractivity contribution in [2.75, 3.05) is 12.4 Å². The number of nitrogens with one attached hydrogen (secondary N) is 1. The molecular formula is C13H14N4OS. The number of thiocarbonyl (C=S) groups is 1.